The number of carbonyl (C=O) groups is 1. The quantitative estimate of drug-likeness (QED) is 0.911. The summed E-state index contributed by atoms with van der Waals surface area (Å²) in [4.78, 5) is 13.4. The monoisotopic (exact) mass is 295 g/mol. The van der Waals surface area contributed by atoms with Crippen LogP contribution in [0.1, 0.15) is 32.8 Å². The Labute approximate surface area is 124 Å². The lowest BCUT2D eigenvalue weighted by Crippen LogP contribution is -2.38. The fraction of sp³-hybridized carbons (Fsp3) is 0.562. The number of halogens is 1. The Balaban J connectivity index is 1.98. The van der Waals surface area contributed by atoms with Crippen molar-refractivity contribution in [1.29, 1.82) is 0 Å². The SMILES string of the molecule is CC(C)(C)OC(=O)N1CCC(F)(Cc2cccc(O)c2)C1. The van der Waals surface area contributed by atoms with E-state index in [1.807, 2.05) is 0 Å². The molecule has 1 fully saturated rings. The highest BCUT2D eigenvalue weighted by Crippen LogP contribution is 2.31. The highest BCUT2D eigenvalue weighted by atomic mass is 19.1. The van der Waals surface area contributed by atoms with Crippen molar-refractivity contribution in [2.75, 3.05) is 13.1 Å². The number of ether oxygens (including phenoxy) is 1. The summed E-state index contributed by atoms with van der Waals surface area (Å²) in [5.41, 5.74) is -1.32. The Hall–Kier alpha value is -1.78. The predicted octanol–water partition coefficient (Wildman–Crippen LogP) is 3.28. The van der Waals surface area contributed by atoms with Crippen molar-refractivity contribution in [2.45, 2.75) is 44.9 Å². The number of carbonyl (C=O) groups excluding carboxylic acids is 1. The summed E-state index contributed by atoms with van der Waals surface area (Å²) in [6.45, 7) is 5.74. The van der Waals surface area contributed by atoms with E-state index in [9.17, 15) is 14.3 Å². The van der Waals surface area contributed by atoms with Crippen molar-refractivity contribution in [3.8, 4) is 5.75 Å². The minimum atomic E-state index is -1.47. The summed E-state index contributed by atoms with van der Waals surface area (Å²) < 4.78 is 20.1. The molecule has 0 saturated carbocycles. The Morgan fingerprint density at radius 1 is 1.48 bits per heavy atom. The van der Waals surface area contributed by atoms with Crippen LogP contribution in [0, 0.1) is 0 Å². The molecule has 1 atom stereocenters. The Kier molecular flexibility index (Phi) is 4.12. The highest BCUT2D eigenvalue weighted by Gasteiger charge is 2.41. The first-order valence-corrected chi connectivity index (χ1v) is 7.12. The molecule has 1 heterocycles. The van der Waals surface area contributed by atoms with E-state index in [2.05, 4.69) is 0 Å². The van der Waals surface area contributed by atoms with Crippen molar-refractivity contribution in [2.24, 2.45) is 0 Å². The van der Waals surface area contributed by atoms with E-state index < -0.39 is 17.4 Å². The highest BCUT2D eigenvalue weighted by molar-refractivity contribution is 5.68. The van der Waals surface area contributed by atoms with Crippen molar-refractivity contribution >= 4 is 6.09 Å². The van der Waals surface area contributed by atoms with Gasteiger partial charge in [0.15, 0.2) is 0 Å². The third kappa shape index (κ3) is 4.34. The van der Waals surface area contributed by atoms with Crippen LogP contribution in [-0.4, -0.2) is 40.5 Å². The fourth-order valence-corrected chi connectivity index (χ4v) is 2.49. The first-order valence-electron chi connectivity index (χ1n) is 7.12. The number of phenols is 1. The second-order valence-electron chi connectivity index (χ2n) is 6.65. The molecule has 0 bridgehead atoms. The third-order valence-electron chi connectivity index (χ3n) is 3.39. The van der Waals surface area contributed by atoms with E-state index in [4.69, 9.17) is 4.74 Å². The number of amides is 1. The number of hydrogen-bond acceptors (Lipinski definition) is 3. The lowest BCUT2D eigenvalue weighted by atomic mass is 9.95. The van der Waals surface area contributed by atoms with Gasteiger partial charge in [-0.2, -0.15) is 0 Å². The molecule has 1 amide bonds. The molecule has 1 aromatic carbocycles. The van der Waals surface area contributed by atoms with Crippen molar-refractivity contribution in [1.82, 2.24) is 4.90 Å². The number of benzene rings is 1. The third-order valence-corrected chi connectivity index (χ3v) is 3.39. The standard InChI is InChI=1S/C16H22FNO3/c1-15(2,3)21-14(20)18-8-7-16(17,11-18)10-12-5-4-6-13(19)9-12/h4-6,9,19H,7-8,10-11H2,1-3H3. The predicted molar refractivity (Wildman–Crippen MR) is 78.1 cm³/mol. The second kappa shape index (κ2) is 5.54. The minimum Gasteiger partial charge on any atom is -0.508 e. The van der Waals surface area contributed by atoms with Crippen LogP contribution in [-0.2, 0) is 11.2 Å². The van der Waals surface area contributed by atoms with Crippen LogP contribution in [0.15, 0.2) is 24.3 Å². The molecule has 5 heteroatoms. The maximum atomic E-state index is 14.8. The van der Waals surface area contributed by atoms with Gasteiger partial charge >= 0.3 is 6.09 Å². The Morgan fingerprint density at radius 3 is 2.81 bits per heavy atom. The molecule has 0 aromatic heterocycles. The molecule has 1 saturated heterocycles. The van der Waals surface area contributed by atoms with Gasteiger partial charge < -0.3 is 14.7 Å². The number of rotatable bonds is 2. The van der Waals surface area contributed by atoms with Gasteiger partial charge in [-0.05, 0) is 38.5 Å². The van der Waals surface area contributed by atoms with E-state index in [0.29, 0.717) is 6.54 Å². The molecule has 1 aromatic rings. The topological polar surface area (TPSA) is 49.8 Å². The Morgan fingerprint density at radius 2 is 2.19 bits per heavy atom. The zero-order valence-electron chi connectivity index (χ0n) is 12.7. The van der Waals surface area contributed by atoms with Gasteiger partial charge in [-0.1, -0.05) is 12.1 Å². The van der Waals surface area contributed by atoms with Crippen molar-refractivity contribution in [3.05, 3.63) is 29.8 Å². The fourth-order valence-electron chi connectivity index (χ4n) is 2.49. The smallest absolute Gasteiger partial charge is 0.410 e. The Bertz CT molecular complexity index is 526. The van der Waals surface area contributed by atoms with Gasteiger partial charge in [0.2, 0.25) is 0 Å². The average Bonchev–Trinajstić information content (AvgIpc) is 2.69. The second-order valence-corrected chi connectivity index (χ2v) is 6.65. The summed E-state index contributed by atoms with van der Waals surface area (Å²) in [6, 6.07) is 6.57. The number of alkyl halides is 1. The van der Waals surface area contributed by atoms with Gasteiger partial charge in [0.05, 0.1) is 6.54 Å². The molecule has 21 heavy (non-hydrogen) atoms. The summed E-state index contributed by atoms with van der Waals surface area (Å²) in [6.07, 6.45) is -0.0132. The van der Waals surface area contributed by atoms with Crippen LogP contribution in [0.3, 0.4) is 0 Å². The summed E-state index contributed by atoms with van der Waals surface area (Å²) in [7, 11) is 0. The van der Waals surface area contributed by atoms with Crippen LogP contribution in [0.2, 0.25) is 0 Å². The molecule has 1 N–H and O–H groups in total. The maximum Gasteiger partial charge on any atom is 0.410 e. The molecule has 1 unspecified atom stereocenters. The van der Waals surface area contributed by atoms with Crippen LogP contribution in [0.4, 0.5) is 9.18 Å². The molecule has 4 nitrogen and oxygen atoms in total. The minimum absolute atomic E-state index is 0.0254. The first-order chi connectivity index (χ1) is 9.67. The molecule has 1 aliphatic heterocycles. The van der Waals surface area contributed by atoms with E-state index >= 15 is 0 Å². The van der Waals surface area contributed by atoms with Gasteiger partial charge in [-0.25, -0.2) is 9.18 Å². The summed E-state index contributed by atoms with van der Waals surface area (Å²) >= 11 is 0. The van der Waals surface area contributed by atoms with Gasteiger partial charge in [0.25, 0.3) is 0 Å². The van der Waals surface area contributed by atoms with Crippen LogP contribution >= 0.6 is 0 Å². The summed E-state index contributed by atoms with van der Waals surface area (Å²) in [5, 5.41) is 9.43. The molecule has 0 aliphatic carbocycles. The van der Waals surface area contributed by atoms with E-state index in [0.717, 1.165) is 5.56 Å². The molecule has 0 spiro atoms. The average molecular weight is 295 g/mol. The van der Waals surface area contributed by atoms with Crippen molar-refractivity contribution in [3.63, 3.8) is 0 Å². The molecule has 1 aliphatic rings. The van der Waals surface area contributed by atoms with E-state index in [1.54, 1.807) is 45.0 Å². The van der Waals surface area contributed by atoms with E-state index in [1.165, 1.54) is 4.90 Å². The van der Waals surface area contributed by atoms with Crippen LogP contribution < -0.4 is 0 Å². The molecule has 0 radical (unpaired) electrons. The van der Waals surface area contributed by atoms with Crippen LogP contribution in [0.5, 0.6) is 5.75 Å². The number of aromatic hydroxyl groups is 1. The maximum absolute atomic E-state index is 14.8. The van der Waals surface area contributed by atoms with Gasteiger partial charge in [-0.15, -0.1) is 0 Å². The molecule has 2 rings (SSSR count). The lowest BCUT2D eigenvalue weighted by Gasteiger charge is -2.25. The van der Waals surface area contributed by atoms with Crippen molar-refractivity contribution < 1.29 is 19.0 Å². The lowest BCUT2D eigenvalue weighted by molar-refractivity contribution is 0.0258. The largest absolute Gasteiger partial charge is 0.508 e. The molecular formula is C16H22FNO3. The molecular weight excluding hydrogens is 273 g/mol. The zero-order valence-corrected chi connectivity index (χ0v) is 12.7. The van der Waals surface area contributed by atoms with Gasteiger partial charge in [0.1, 0.15) is 17.0 Å². The first kappa shape index (κ1) is 15.6. The van der Waals surface area contributed by atoms with Crippen LogP contribution in [0.25, 0.3) is 0 Å². The molecule has 116 valence electrons. The zero-order chi connectivity index (χ0) is 15.7. The number of hydrogen-bond donors (Lipinski definition) is 1. The van der Waals surface area contributed by atoms with Gasteiger partial charge in [-0.3, -0.25) is 0 Å². The number of phenolic OH excluding ortho intramolecular Hbond substituents is 1. The number of likely N-dealkylation sites (tertiary alicyclic amines) is 1. The summed E-state index contributed by atoms with van der Waals surface area (Å²) in [5.74, 6) is 0.123. The number of nitrogens with zero attached hydrogens (tertiary/aromatic N) is 1. The van der Waals surface area contributed by atoms with Gasteiger partial charge in [0, 0.05) is 19.4 Å². The normalized spacial score (nSPS) is 22.4. The van der Waals surface area contributed by atoms with E-state index in [-0.39, 0.29) is 25.1 Å².